The van der Waals surface area contributed by atoms with Gasteiger partial charge in [-0.1, -0.05) is 18.2 Å². The van der Waals surface area contributed by atoms with E-state index >= 15 is 0 Å². The van der Waals surface area contributed by atoms with E-state index in [-0.39, 0.29) is 30.3 Å². The number of rotatable bonds is 5. The molecule has 2 N–H and O–H groups in total. The minimum Gasteiger partial charge on any atom is -0.504 e. The number of hydrogen-bond donors (Lipinski definition) is 2. The van der Waals surface area contributed by atoms with Crippen LogP contribution in [0.25, 0.3) is 0 Å². The van der Waals surface area contributed by atoms with Gasteiger partial charge in [0.1, 0.15) is 19.0 Å². The van der Waals surface area contributed by atoms with Crippen molar-refractivity contribution in [3.8, 4) is 17.2 Å². The highest BCUT2D eigenvalue weighted by Crippen LogP contribution is 2.25. The lowest BCUT2D eigenvalue weighted by atomic mass is 10.2. The molecule has 2 aromatic rings. The molecule has 2 aromatic carbocycles. The number of phenolic OH excluding ortho intramolecular Hbond substituents is 2. The summed E-state index contributed by atoms with van der Waals surface area (Å²) in [5, 5.41) is 18.4. The molecule has 0 heterocycles. The summed E-state index contributed by atoms with van der Waals surface area (Å²) in [7, 11) is 0. The Morgan fingerprint density at radius 3 is 2.40 bits per heavy atom. The van der Waals surface area contributed by atoms with E-state index in [0.29, 0.717) is 5.75 Å². The van der Waals surface area contributed by atoms with Crippen molar-refractivity contribution in [2.45, 2.75) is 0 Å². The van der Waals surface area contributed by atoms with E-state index in [1.807, 2.05) is 18.2 Å². The van der Waals surface area contributed by atoms with E-state index in [2.05, 4.69) is 0 Å². The van der Waals surface area contributed by atoms with Gasteiger partial charge in [0.15, 0.2) is 11.5 Å². The zero-order valence-corrected chi connectivity index (χ0v) is 10.7. The lowest BCUT2D eigenvalue weighted by molar-refractivity contribution is 0.0450. The fourth-order valence-corrected chi connectivity index (χ4v) is 1.54. The monoisotopic (exact) mass is 274 g/mol. The van der Waals surface area contributed by atoms with Crippen LogP contribution in [0.2, 0.25) is 0 Å². The van der Waals surface area contributed by atoms with Gasteiger partial charge in [0.2, 0.25) is 0 Å². The summed E-state index contributed by atoms with van der Waals surface area (Å²) < 4.78 is 10.4. The van der Waals surface area contributed by atoms with Gasteiger partial charge in [-0.15, -0.1) is 0 Å². The molecular weight excluding hydrogens is 260 g/mol. The summed E-state index contributed by atoms with van der Waals surface area (Å²) in [6.45, 7) is 0.329. The fourth-order valence-electron chi connectivity index (χ4n) is 1.54. The standard InChI is InChI=1S/C15H14O5/c16-13-7-6-11(10-14(13)17)15(18)20-9-8-19-12-4-2-1-3-5-12/h1-7,10,16-17H,8-9H2. The molecule has 0 unspecified atom stereocenters. The maximum absolute atomic E-state index is 11.6. The van der Waals surface area contributed by atoms with Crippen LogP contribution < -0.4 is 4.74 Å². The predicted molar refractivity (Wildman–Crippen MR) is 72.0 cm³/mol. The molecule has 0 aliphatic heterocycles. The molecule has 0 radical (unpaired) electrons. The molecule has 0 spiro atoms. The second kappa shape index (κ2) is 6.47. The molecule has 0 saturated heterocycles. The first-order valence-electron chi connectivity index (χ1n) is 6.04. The van der Waals surface area contributed by atoms with Crippen LogP contribution in [0, 0.1) is 0 Å². The summed E-state index contributed by atoms with van der Waals surface area (Å²) in [6, 6.07) is 12.9. The Kier molecular flexibility index (Phi) is 4.44. The summed E-state index contributed by atoms with van der Waals surface area (Å²) in [5.41, 5.74) is 0.167. The Morgan fingerprint density at radius 1 is 0.950 bits per heavy atom. The van der Waals surface area contributed by atoms with E-state index in [1.54, 1.807) is 12.1 Å². The second-order valence-electron chi connectivity index (χ2n) is 4.00. The van der Waals surface area contributed by atoms with Crippen LogP contribution in [0.3, 0.4) is 0 Å². The summed E-state index contributed by atoms with van der Waals surface area (Å²) in [4.78, 5) is 11.6. The molecule has 0 saturated carbocycles. The number of para-hydroxylation sites is 1. The lowest BCUT2D eigenvalue weighted by Crippen LogP contribution is -2.12. The first-order chi connectivity index (χ1) is 9.66. The Balaban J connectivity index is 1.79. The Bertz CT molecular complexity index is 580. The van der Waals surface area contributed by atoms with E-state index in [9.17, 15) is 9.90 Å². The quantitative estimate of drug-likeness (QED) is 0.497. The molecule has 0 amide bonds. The minimum atomic E-state index is -0.586. The first-order valence-corrected chi connectivity index (χ1v) is 6.04. The van der Waals surface area contributed by atoms with Gasteiger partial charge in [0, 0.05) is 0 Å². The number of carbonyl (C=O) groups excluding carboxylic acids is 1. The predicted octanol–water partition coefficient (Wildman–Crippen LogP) is 2.33. The van der Waals surface area contributed by atoms with Crippen LogP contribution in [-0.2, 0) is 4.74 Å². The maximum atomic E-state index is 11.6. The molecule has 0 atom stereocenters. The van der Waals surface area contributed by atoms with Crippen molar-refractivity contribution >= 4 is 5.97 Å². The van der Waals surface area contributed by atoms with Crippen molar-refractivity contribution in [3.05, 3.63) is 54.1 Å². The maximum Gasteiger partial charge on any atom is 0.338 e. The minimum absolute atomic E-state index is 0.0926. The number of aromatic hydroxyl groups is 2. The highest BCUT2D eigenvalue weighted by molar-refractivity contribution is 5.90. The van der Waals surface area contributed by atoms with Crippen molar-refractivity contribution in [2.24, 2.45) is 0 Å². The Morgan fingerprint density at radius 2 is 1.70 bits per heavy atom. The average molecular weight is 274 g/mol. The summed E-state index contributed by atoms with van der Waals surface area (Å²) in [6.07, 6.45) is 0. The van der Waals surface area contributed by atoms with Crippen molar-refractivity contribution in [1.82, 2.24) is 0 Å². The number of benzene rings is 2. The van der Waals surface area contributed by atoms with Gasteiger partial charge in [-0.05, 0) is 30.3 Å². The summed E-state index contributed by atoms with van der Waals surface area (Å²) in [5.74, 6) is -0.531. The van der Waals surface area contributed by atoms with E-state index in [0.717, 1.165) is 6.07 Å². The van der Waals surface area contributed by atoms with Crippen molar-refractivity contribution in [3.63, 3.8) is 0 Å². The van der Waals surface area contributed by atoms with Gasteiger partial charge in [-0.25, -0.2) is 4.79 Å². The third-order valence-electron chi connectivity index (χ3n) is 2.54. The van der Waals surface area contributed by atoms with Crippen LogP contribution >= 0.6 is 0 Å². The second-order valence-corrected chi connectivity index (χ2v) is 4.00. The van der Waals surface area contributed by atoms with Gasteiger partial charge in [0.25, 0.3) is 0 Å². The Labute approximate surface area is 116 Å². The Hall–Kier alpha value is -2.69. The molecule has 0 fully saturated rings. The van der Waals surface area contributed by atoms with Crippen molar-refractivity contribution in [2.75, 3.05) is 13.2 Å². The van der Waals surface area contributed by atoms with Crippen LogP contribution in [0.15, 0.2) is 48.5 Å². The smallest absolute Gasteiger partial charge is 0.338 e. The number of hydrogen-bond acceptors (Lipinski definition) is 5. The highest BCUT2D eigenvalue weighted by atomic mass is 16.6. The lowest BCUT2D eigenvalue weighted by Gasteiger charge is -2.07. The molecule has 0 aromatic heterocycles. The number of esters is 1. The van der Waals surface area contributed by atoms with Crippen LogP contribution in [0.4, 0.5) is 0 Å². The number of phenols is 2. The van der Waals surface area contributed by atoms with Crippen LogP contribution in [0.1, 0.15) is 10.4 Å². The van der Waals surface area contributed by atoms with Crippen LogP contribution in [-0.4, -0.2) is 29.4 Å². The van der Waals surface area contributed by atoms with Gasteiger partial charge in [0.05, 0.1) is 5.56 Å². The molecule has 2 rings (SSSR count). The first kappa shape index (κ1) is 13.7. The molecule has 104 valence electrons. The van der Waals surface area contributed by atoms with E-state index < -0.39 is 5.97 Å². The molecule has 0 bridgehead atoms. The molecule has 5 heteroatoms. The van der Waals surface area contributed by atoms with Crippen molar-refractivity contribution in [1.29, 1.82) is 0 Å². The van der Waals surface area contributed by atoms with Gasteiger partial charge < -0.3 is 19.7 Å². The fraction of sp³-hybridized carbons (Fsp3) is 0.133. The van der Waals surface area contributed by atoms with Gasteiger partial charge in [-0.2, -0.15) is 0 Å². The van der Waals surface area contributed by atoms with Crippen LogP contribution in [0.5, 0.6) is 17.2 Å². The average Bonchev–Trinajstić information content (AvgIpc) is 2.47. The third kappa shape index (κ3) is 3.65. The highest BCUT2D eigenvalue weighted by Gasteiger charge is 2.09. The van der Waals surface area contributed by atoms with Gasteiger partial charge in [-0.3, -0.25) is 0 Å². The SMILES string of the molecule is O=C(OCCOc1ccccc1)c1ccc(O)c(O)c1. The van der Waals surface area contributed by atoms with Crippen molar-refractivity contribution < 1.29 is 24.5 Å². The molecule has 5 nitrogen and oxygen atoms in total. The molecular formula is C15H14O5. The summed E-state index contributed by atoms with van der Waals surface area (Å²) >= 11 is 0. The third-order valence-corrected chi connectivity index (χ3v) is 2.54. The van der Waals surface area contributed by atoms with Gasteiger partial charge >= 0.3 is 5.97 Å². The largest absolute Gasteiger partial charge is 0.504 e. The molecule has 0 aliphatic rings. The van der Waals surface area contributed by atoms with E-state index in [1.165, 1.54) is 12.1 Å². The number of ether oxygens (including phenoxy) is 2. The zero-order chi connectivity index (χ0) is 14.4. The molecule has 20 heavy (non-hydrogen) atoms. The number of carbonyl (C=O) groups is 1. The topological polar surface area (TPSA) is 76.0 Å². The molecule has 0 aliphatic carbocycles. The normalized spacial score (nSPS) is 10.0. The zero-order valence-electron chi connectivity index (χ0n) is 10.7. The van der Waals surface area contributed by atoms with E-state index in [4.69, 9.17) is 14.6 Å².